The molecular weight excluding hydrogens is 507 g/mol. The molecule has 0 aliphatic rings. The standard InChI is InChI=1S/C27H28F3NO7/c1-15(2)13-19(31-25(34)38-26(3,4)5)24(33)36-17-11-12-18-20(14-17)37-23(27(28,29)30)22(21(18)32)35-16-9-7-6-8-10-16/h6-12,14-15,19H,13H2,1-5H3,(H,31,34). The number of nitrogens with one attached hydrogen (secondary N) is 1. The zero-order valence-corrected chi connectivity index (χ0v) is 21.5. The minimum Gasteiger partial charge on any atom is -0.449 e. The van der Waals surface area contributed by atoms with Gasteiger partial charge in [0, 0.05) is 6.07 Å². The molecule has 1 atom stereocenters. The van der Waals surface area contributed by atoms with Crippen LogP contribution >= 0.6 is 0 Å². The molecule has 1 unspecified atom stereocenters. The fourth-order valence-corrected chi connectivity index (χ4v) is 3.43. The van der Waals surface area contributed by atoms with Crippen LogP contribution < -0.4 is 20.2 Å². The van der Waals surface area contributed by atoms with Crippen LogP contribution in [0, 0.1) is 5.92 Å². The summed E-state index contributed by atoms with van der Waals surface area (Å²) in [6.45, 7) is 8.65. The average molecular weight is 536 g/mol. The van der Waals surface area contributed by atoms with Gasteiger partial charge < -0.3 is 23.9 Å². The third kappa shape index (κ3) is 7.50. The number of carbonyl (C=O) groups is 2. The molecular formula is C27H28F3NO7. The predicted molar refractivity (Wildman–Crippen MR) is 132 cm³/mol. The van der Waals surface area contributed by atoms with E-state index in [1.54, 1.807) is 26.8 Å². The molecule has 3 aromatic rings. The largest absolute Gasteiger partial charge is 0.453 e. The molecule has 1 heterocycles. The van der Waals surface area contributed by atoms with Gasteiger partial charge in [-0.3, -0.25) is 4.79 Å². The SMILES string of the molecule is CC(C)CC(NC(=O)OC(C)(C)C)C(=O)Oc1ccc2c(=O)c(Oc3ccccc3)c(C(F)(F)F)oc2c1. The zero-order chi connectivity index (χ0) is 28.3. The first kappa shape index (κ1) is 28.5. The zero-order valence-electron chi connectivity index (χ0n) is 21.5. The Morgan fingerprint density at radius 1 is 1.00 bits per heavy atom. The van der Waals surface area contributed by atoms with Gasteiger partial charge in [-0.1, -0.05) is 32.0 Å². The van der Waals surface area contributed by atoms with Crippen LogP contribution in [0.1, 0.15) is 46.8 Å². The molecule has 0 spiro atoms. The molecule has 0 saturated heterocycles. The number of benzene rings is 2. The third-order valence-corrected chi connectivity index (χ3v) is 4.94. The molecule has 1 aromatic heterocycles. The Labute approximate surface area is 216 Å². The van der Waals surface area contributed by atoms with Gasteiger partial charge in [-0.2, -0.15) is 13.2 Å². The second-order valence-electron chi connectivity index (χ2n) is 9.91. The Hall–Kier alpha value is -4.02. The number of esters is 1. The van der Waals surface area contributed by atoms with Crippen molar-refractivity contribution in [3.05, 3.63) is 64.5 Å². The number of para-hydroxylation sites is 1. The Bertz CT molecular complexity index is 1360. The van der Waals surface area contributed by atoms with Gasteiger partial charge in [0.15, 0.2) is 0 Å². The van der Waals surface area contributed by atoms with E-state index in [1.165, 1.54) is 36.4 Å². The average Bonchev–Trinajstić information content (AvgIpc) is 2.78. The Balaban J connectivity index is 1.94. The lowest BCUT2D eigenvalue weighted by molar-refractivity contribution is -0.154. The summed E-state index contributed by atoms with van der Waals surface area (Å²) in [5, 5.41) is 2.24. The maximum absolute atomic E-state index is 13.8. The van der Waals surface area contributed by atoms with E-state index in [1.807, 2.05) is 13.8 Å². The lowest BCUT2D eigenvalue weighted by atomic mass is 10.0. The van der Waals surface area contributed by atoms with Crippen molar-refractivity contribution < 1.29 is 41.4 Å². The van der Waals surface area contributed by atoms with E-state index in [9.17, 15) is 27.6 Å². The van der Waals surface area contributed by atoms with Crippen LogP contribution in [-0.4, -0.2) is 23.7 Å². The molecule has 0 aliphatic heterocycles. The lowest BCUT2D eigenvalue weighted by Gasteiger charge is -2.23. The van der Waals surface area contributed by atoms with Gasteiger partial charge in [0.05, 0.1) is 5.39 Å². The van der Waals surface area contributed by atoms with Gasteiger partial charge in [-0.05, 0) is 57.4 Å². The fraction of sp³-hybridized carbons (Fsp3) is 0.370. The highest BCUT2D eigenvalue weighted by atomic mass is 19.4. The smallest absolute Gasteiger partial charge is 0.449 e. The second-order valence-corrected chi connectivity index (χ2v) is 9.91. The van der Waals surface area contributed by atoms with Crippen LogP contribution in [0.3, 0.4) is 0 Å². The molecule has 38 heavy (non-hydrogen) atoms. The summed E-state index contributed by atoms with van der Waals surface area (Å²) in [5.74, 6) is -3.70. The van der Waals surface area contributed by atoms with Crippen LogP contribution in [-0.2, 0) is 15.7 Å². The number of amides is 1. The molecule has 1 amide bonds. The number of fused-ring (bicyclic) bond motifs is 1. The van der Waals surface area contributed by atoms with Gasteiger partial charge in [0.1, 0.15) is 28.7 Å². The maximum Gasteiger partial charge on any atom is 0.453 e. The van der Waals surface area contributed by atoms with Crippen LogP contribution in [0.2, 0.25) is 0 Å². The predicted octanol–water partition coefficient (Wildman–Crippen LogP) is 6.45. The monoisotopic (exact) mass is 535 g/mol. The molecule has 0 aliphatic carbocycles. The molecule has 0 saturated carbocycles. The van der Waals surface area contributed by atoms with Crippen molar-refractivity contribution in [2.75, 3.05) is 0 Å². The highest BCUT2D eigenvalue weighted by Gasteiger charge is 2.40. The molecule has 8 nitrogen and oxygen atoms in total. The number of alkyl halides is 3. The van der Waals surface area contributed by atoms with Crippen molar-refractivity contribution in [3.8, 4) is 17.2 Å². The highest BCUT2D eigenvalue weighted by molar-refractivity contribution is 5.85. The molecule has 1 N–H and O–H groups in total. The number of ether oxygens (including phenoxy) is 3. The van der Waals surface area contributed by atoms with Crippen molar-refractivity contribution in [3.63, 3.8) is 0 Å². The van der Waals surface area contributed by atoms with E-state index >= 15 is 0 Å². The van der Waals surface area contributed by atoms with Gasteiger partial charge in [0.2, 0.25) is 11.2 Å². The van der Waals surface area contributed by atoms with Crippen LogP contribution in [0.15, 0.2) is 57.7 Å². The van der Waals surface area contributed by atoms with E-state index in [-0.39, 0.29) is 29.2 Å². The Morgan fingerprint density at radius 2 is 1.66 bits per heavy atom. The summed E-state index contributed by atoms with van der Waals surface area (Å²) >= 11 is 0. The van der Waals surface area contributed by atoms with E-state index < -0.39 is 52.4 Å². The number of rotatable bonds is 7. The summed E-state index contributed by atoms with van der Waals surface area (Å²) in [7, 11) is 0. The molecule has 204 valence electrons. The Morgan fingerprint density at radius 3 is 2.24 bits per heavy atom. The first-order valence-corrected chi connectivity index (χ1v) is 11.8. The van der Waals surface area contributed by atoms with E-state index in [4.69, 9.17) is 18.6 Å². The molecule has 0 fully saturated rings. The van der Waals surface area contributed by atoms with E-state index in [0.29, 0.717) is 0 Å². The van der Waals surface area contributed by atoms with Gasteiger partial charge >= 0.3 is 18.2 Å². The van der Waals surface area contributed by atoms with Gasteiger partial charge in [-0.25, -0.2) is 9.59 Å². The summed E-state index contributed by atoms with van der Waals surface area (Å²) in [6.07, 6.45) is -5.67. The van der Waals surface area contributed by atoms with Crippen LogP contribution in [0.5, 0.6) is 17.2 Å². The number of halogens is 3. The number of hydrogen-bond donors (Lipinski definition) is 1. The van der Waals surface area contributed by atoms with Crippen LogP contribution in [0.25, 0.3) is 11.0 Å². The first-order valence-electron chi connectivity index (χ1n) is 11.8. The molecule has 0 bridgehead atoms. The van der Waals surface area contributed by atoms with Gasteiger partial charge in [0.25, 0.3) is 5.76 Å². The van der Waals surface area contributed by atoms with Crippen molar-refractivity contribution in [2.24, 2.45) is 5.92 Å². The molecule has 3 rings (SSSR count). The normalized spacial score (nSPS) is 12.8. The van der Waals surface area contributed by atoms with Crippen molar-refractivity contribution in [2.45, 2.75) is 58.9 Å². The van der Waals surface area contributed by atoms with Crippen molar-refractivity contribution >= 4 is 23.0 Å². The third-order valence-electron chi connectivity index (χ3n) is 4.94. The minimum atomic E-state index is -5.05. The van der Waals surface area contributed by atoms with Crippen molar-refractivity contribution in [1.82, 2.24) is 5.32 Å². The Kier molecular flexibility index (Phi) is 8.38. The molecule has 0 radical (unpaired) electrons. The summed E-state index contributed by atoms with van der Waals surface area (Å²) in [4.78, 5) is 38.0. The summed E-state index contributed by atoms with van der Waals surface area (Å²) in [5.41, 5.74) is -2.32. The summed E-state index contributed by atoms with van der Waals surface area (Å²) in [6, 6.07) is 9.80. The first-order chi connectivity index (χ1) is 17.6. The van der Waals surface area contributed by atoms with Crippen molar-refractivity contribution in [1.29, 1.82) is 0 Å². The maximum atomic E-state index is 13.8. The molecule has 2 aromatic carbocycles. The number of hydrogen-bond acceptors (Lipinski definition) is 7. The number of carbonyl (C=O) groups excluding carboxylic acids is 2. The lowest BCUT2D eigenvalue weighted by Crippen LogP contribution is -2.45. The molecule has 11 heteroatoms. The topological polar surface area (TPSA) is 104 Å². The highest BCUT2D eigenvalue weighted by Crippen LogP contribution is 2.38. The fourth-order valence-electron chi connectivity index (χ4n) is 3.43. The van der Waals surface area contributed by atoms with E-state index in [2.05, 4.69) is 5.32 Å². The second kappa shape index (κ2) is 11.2. The van der Waals surface area contributed by atoms with Crippen LogP contribution in [0.4, 0.5) is 18.0 Å². The van der Waals surface area contributed by atoms with E-state index in [0.717, 1.165) is 6.07 Å². The van der Waals surface area contributed by atoms with Gasteiger partial charge in [-0.15, -0.1) is 0 Å². The number of alkyl carbamates (subject to hydrolysis) is 1. The quantitative estimate of drug-likeness (QED) is 0.274. The summed E-state index contributed by atoms with van der Waals surface area (Å²) < 4.78 is 62.2. The minimum absolute atomic E-state index is 0.0175.